The van der Waals surface area contributed by atoms with Crippen LogP contribution in [0.1, 0.15) is 25.2 Å². The molecule has 1 saturated heterocycles. The second-order valence-electron chi connectivity index (χ2n) is 4.97. The summed E-state index contributed by atoms with van der Waals surface area (Å²) in [6.45, 7) is 0. The number of hydrogen-bond acceptors (Lipinski definition) is 4. The quantitative estimate of drug-likeness (QED) is 0.946. The van der Waals surface area contributed by atoms with Crippen molar-refractivity contribution in [3.63, 3.8) is 0 Å². The van der Waals surface area contributed by atoms with Crippen molar-refractivity contribution in [3.8, 4) is 11.4 Å². The monoisotopic (exact) mass is 309 g/mol. The van der Waals surface area contributed by atoms with Crippen molar-refractivity contribution in [2.24, 2.45) is 0 Å². The Kier molecular flexibility index (Phi) is 3.88. The normalized spacial score (nSPS) is 18.6. The Balaban J connectivity index is 1.77. The van der Waals surface area contributed by atoms with Gasteiger partial charge in [0.05, 0.1) is 10.6 Å². The van der Waals surface area contributed by atoms with Crippen molar-refractivity contribution in [1.82, 2.24) is 15.5 Å². The molecule has 1 amide bonds. The van der Waals surface area contributed by atoms with Gasteiger partial charge in [-0.15, -0.1) is 0 Å². The Morgan fingerprint density at radius 1 is 1.48 bits per heavy atom. The minimum atomic E-state index is -0.572. The predicted molar refractivity (Wildman–Crippen MR) is 74.2 cm³/mol. The highest BCUT2D eigenvalue weighted by molar-refractivity contribution is 6.31. The van der Waals surface area contributed by atoms with E-state index in [-0.39, 0.29) is 28.4 Å². The third kappa shape index (κ3) is 3.05. The zero-order chi connectivity index (χ0) is 14.8. The Hall–Kier alpha value is -1.95. The van der Waals surface area contributed by atoms with Crippen molar-refractivity contribution < 1.29 is 13.7 Å². The van der Waals surface area contributed by atoms with E-state index in [1.807, 2.05) is 0 Å². The Bertz CT molecular complexity index is 674. The van der Waals surface area contributed by atoms with Crippen molar-refractivity contribution >= 4 is 17.5 Å². The van der Waals surface area contributed by atoms with Crippen LogP contribution in [0, 0.1) is 5.82 Å². The van der Waals surface area contributed by atoms with Crippen LogP contribution in [0.4, 0.5) is 4.39 Å². The number of carbonyl (C=O) groups excluding carboxylic acids is 1. The molecular formula is C14H13ClFN3O2. The summed E-state index contributed by atoms with van der Waals surface area (Å²) in [5, 5.41) is 6.66. The predicted octanol–water partition coefficient (Wildman–Crippen LogP) is 2.74. The highest BCUT2D eigenvalue weighted by Crippen LogP contribution is 2.25. The minimum Gasteiger partial charge on any atom is -0.353 e. The number of hydrogen-bond donors (Lipinski definition) is 1. The Morgan fingerprint density at radius 3 is 3.14 bits per heavy atom. The molecule has 1 fully saturated rings. The van der Waals surface area contributed by atoms with Gasteiger partial charge in [-0.25, -0.2) is 4.39 Å². The zero-order valence-electron chi connectivity index (χ0n) is 11.1. The number of rotatable bonds is 3. The molecule has 2 aromatic rings. The lowest BCUT2D eigenvalue weighted by atomic mass is 10.0. The molecule has 1 aliphatic rings. The first-order chi connectivity index (χ1) is 10.1. The molecular weight excluding hydrogens is 297 g/mol. The van der Waals surface area contributed by atoms with Crippen molar-refractivity contribution in [3.05, 3.63) is 34.9 Å². The molecule has 1 atom stereocenters. The number of nitrogens with one attached hydrogen (secondary N) is 1. The average molecular weight is 310 g/mol. The number of carbonyl (C=O) groups is 1. The lowest BCUT2D eigenvalue weighted by Gasteiger charge is -2.21. The molecule has 7 heteroatoms. The van der Waals surface area contributed by atoms with Gasteiger partial charge < -0.3 is 9.84 Å². The highest BCUT2D eigenvalue weighted by Gasteiger charge is 2.22. The summed E-state index contributed by atoms with van der Waals surface area (Å²) in [7, 11) is 0. The third-order valence-electron chi connectivity index (χ3n) is 3.40. The van der Waals surface area contributed by atoms with Crippen LogP contribution in [0.3, 0.4) is 0 Å². The van der Waals surface area contributed by atoms with Crippen LogP contribution in [-0.4, -0.2) is 22.1 Å². The van der Waals surface area contributed by atoms with E-state index < -0.39 is 5.82 Å². The Morgan fingerprint density at radius 2 is 2.33 bits per heavy atom. The van der Waals surface area contributed by atoms with E-state index >= 15 is 0 Å². The molecule has 0 bridgehead atoms. The van der Waals surface area contributed by atoms with E-state index in [1.165, 1.54) is 12.1 Å². The first kappa shape index (κ1) is 14.0. The van der Waals surface area contributed by atoms with Gasteiger partial charge in [0.15, 0.2) is 5.82 Å². The standard InChI is InChI=1S/C14H13ClFN3O2/c15-10-5-2-4-9(13(10)16)14-18-12(21-19-14)7-8-3-1-6-11(20)17-8/h2,4-5,8H,1,3,6-7H2,(H,17,20). The molecule has 0 radical (unpaired) electrons. The molecule has 1 N–H and O–H groups in total. The third-order valence-corrected chi connectivity index (χ3v) is 3.70. The van der Waals surface area contributed by atoms with E-state index in [0.717, 1.165) is 12.8 Å². The summed E-state index contributed by atoms with van der Waals surface area (Å²) >= 11 is 5.73. The maximum absolute atomic E-state index is 13.9. The number of aromatic nitrogens is 2. The van der Waals surface area contributed by atoms with Crippen molar-refractivity contribution in [1.29, 1.82) is 0 Å². The van der Waals surface area contributed by atoms with Crippen LogP contribution in [-0.2, 0) is 11.2 Å². The van der Waals surface area contributed by atoms with Gasteiger partial charge in [0.25, 0.3) is 0 Å². The summed E-state index contributed by atoms with van der Waals surface area (Å²) < 4.78 is 19.0. The molecule has 0 saturated carbocycles. The first-order valence-corrected chi connectivity index (χ1v) is 7.07. The minimum absolute atomic E-state index is 0.0104. The molecule has 0 aliphatic carbocycles. The van der Waals surface area contributed by atoms with Gasteiger partial charge in [0, 0.05) is 18.9 Å². The molecule has 1 aromatic heterocycles. The van der Waals surface area contributed by atoms with E-state index in [4.69, 9.17) is 16.1 Å². The molecule has 1 unspecified atom stereocenters. The van der Waals surface area contributed by atoms with Gasteiger partial charge in [0.1, 0.15) is 0 Å². The van der Waals surface area contributed by atoms with Gasteiger partial charge in [-0.05, 0) is 25.0 Å². The zero-order valence-corrected chi connectivity index (χ0v) is 11.9. The van der Waals surface area contributed by atoms with Gasteiger partial charge in [-0.3, -0.25) is 4.79 Å². The fourth-order valence-corrected chi connectivity index (χ4v) is 2.54. The van der Waals surface area contributed by atoms with Gasteiger partial charge >= 0.3 is 0 Å². The van der Waals surface area contributed by atoms with Crippen molar-refractivity contribution in [2.75, 3.05) is 0 Å². The van der Waals surface area contributed by atoms with E-state index in [9.17, 15) is 9.18 Å². The lowest BCUT2D eigenvalue weighted by molar-refractivity contribution is -0.123. The maximum Gasteiger partial charge on any atom is 0.229 e. The SMILES string of the molecule is O=C1CCCC(Cc2nc(-c3cccc(Cl)c3F)no2)N1. The molecule has 1 aliphatic heterocycles. The molecule has 110 valence electrons. The number of benzene rings is 1. The molecule has 3 rings (SSSR count). The largest absolute Gasteiger partial charge is 0.353 e. The van der Waals surface area contributed by atoms with Crippen LogP contribution in [0.5, 0.6) is 0 Å². The smallest absolute Gasteiger partial charge is 0.229 e. The molecule has 1 aromatic carbocycles. The summed E-state index contributed by atoms with van der Waals surface area (Å²) in [4.78, 5) is 15.5. The number of piperidine rings is 1. The molecule has 0 spiro atoms. The summed E-state index contributed by atoms with van der Waals surface area (Å²) in [6.07, 6.45) is 2.72. The fraction of sp³-hybridized carbons (Fsp3) is 0.357. The topological polar surface area (TPSA) is 68.0 Å². The van der Waals surface area contributed by atoms with E-state index in [1.54, 1.807) is 6.07 Å². The number of nitrogens with zero attached hydrogens (tertiary/aromatic N) is 2. The van der Waals surface area contributed by atoms with Crippen LogP contribution < -0.4 is 5.32 Å². The van der Waals surface area contributed by atoms with Crippen molar-refractivity contribution in [2.45, 2.75) is 31.7 Å². The van der Waals surface area contributed by atoms with Gasteiger partial charge in [0.2, 0.25) is 17.6 Å². The summed E-state index contributed by atoms with van der Waals surface area (Å²) in [6, 6.07) is 4.61. The van der Waals surface area contributed by atoms with Gasteiger partial charge in [-0.1, -0.05) is 22.8 Å². The molecule has 2 heterocycles. The molecule has 21 heavy (non-hydrogen) atoms. The highest BCUT2D eigenvalue weighted by atomic mass is 35.5. The molecule has 5 nitrogen and oxygen atoms in total. The summed E-state index contributed by atoms with van der Waals surface area (Å²) in [5.41, 5.74) is 0.199. The summed E-state index contributed by atoms with van der Waals surface area (Å²) in [5.74, 6) is -0.00642. The first-order valence-electron chi connectivity index (χ1n) is 6.70. The lowest BCUT2D eigenvalue weighted by Crippen LogP contribution is -2.40. The maximum atomic E-state index is 13.9. The second kappa shape index (κ2) is 5.81. The van der Waals surface area contributed by atoms with E-state index in [0.29, 0.717) is 18.7 Å². The van der Waals surface area contributed by atoms with Crippen LogP contribution in [0.25, 0.3) is 11.4 Å². The van der Waals surface area contributed by atoms with Crippen LogP contribution in [0.2, 0.25) is 5.02 Å². The van der Waals surface area contributed by atoms with E-state index in [2.05, 4.69) is 15.5 Å². The number of amides is 1. The van der Waals surface area contributed by atoms with Gasteiger partial charge in [-0.2, -0.15) is 4.98 Å². The number of halogens is 2. The fourth-order valence-electron chi connectivity index (χ4n) is 2.37. The van der Waals surface area contributed by atoms with Crippen LogP contribution in [0.15, 0.2) is 22.7 Å². The second-order valence-corrected chi connectivity index (χ2v) is 5.38. The average Bonchev–Trinajstić information content (AvgIpc) is 2.90. The van der Waals surface area contributed by atoms with Crippen LogP contribution >= 0.6 is 11.6 Å². The Labute approximate surface area is 125 Å².